The molecular weight excluding hydrogens is 280 g/mol. The van der Waals surface area contributed by atoms with Gasteiger partial charge in [-0.25, -0.2) is 0 Å². The molecule has 1 aromatic carbocycles. The molecule has 0 N–H and O–H groups in total. The van der Waals surface area contributed by atoms with Crippen LogP contribution in [0.25, 0.3) is 0 Å². The molecule has 0 radical (unpaired) electrons. The predicted octanol–water partition coefficient (Wildman–Crippen LogP) is 3.54. The van der Waals surface area contributed by atoms with Crippen molar-refractivity contribution >= 4 is 5.69 Å². The quantitative estimate of drug-likeness (QED) is 0.439. The number of hydrogen-bond donors (Lipinski definition) is 0. The second-order valence-corrected chi connectivity index (χ2v) is 6.03. The van der Waals surface area contributed by atoms with E-state index in [1.54, 1.807) is 12.1 Å². The number of non-ortho nitro benzene ring substituents is 1. The maximum Gasteiger partial charge on any atom is 0.269 e. The Morgan fingerprint density at radius 2 is 2.14 bits per heavy atom. The van der Waals surface area contributed by atoms with Crippen molar-refractivity contribution in [3.05, 3.63) is 51.6 Å². The molecule has 0 saturated carbocycles. The maximum atomic E-state index is 10.7. The van der Waals surface area contributed by atoms with Gasteiger partial charge in [0.25, 0.3) is 5.69 Å². The van der Waals surface area contributed by atoms with Crippen LogP contribution < -0.4 is 0 Å². The van der Waals surface area contributed by atoms with Crippen LogP contribution in [0.3, 0.4) is 0 Å². The van der Waals surface area contributed by atoms with Crippen LogP contribution in [0.2, 0.25) is 0 Å². The van der Waals surface area contributed by atoms with Gasteiger partial charge in [0.1, 0.15) is 0 Å². The van der Waals surface area contributed by atoms with Crippen molar-refractivity contribution in [2.24, 2.45) is 0 Å². The predicted molar refractivity (Wildman–Crippen MR) is 86.8 cm³/mol. The average molecular weight is 304 g/mol. The Bertz CT molecular complexity index is 515. The van der Waals surface area contributed by atoms with Crippen molar-refractivity contribution in [1.82, 2.24) is 4.90 Å². The molecule has 1 unspecified atom stereocenters. The smallest absolute Gasteiger partial charge is 0.269 e. The fourth-order valence-corrected chi connectivity index (χ4v) is 2.57. The van der Waals surface area contributed by atoms with Gasteiger partial charge in [-0.2, -0.15) is 0 Å². The second kappa shape index (κ2) is 8.06. The maximum absolute atomic E-state index is 10.7. The second-order valence-electron chi connectivity index (χ2n) is 6.03. The lowest BCUT2D eigenvalue weighted by Gasteiger charge is -2.24. The highest BCUT2D eigenvalue weighted by Gasteiger charge is 2.19. The lowest BCUT2D eigenvalue weighted by molar-refractivity contribution is -0.384. The van der Waals surface area contributed by atoms with Crippen LogP contribution >= 0.6 is 0 Å². The van der Waals surface area contributed by atoms with E-state index in [1.165, 1.54) is 5.57 Å². The molecule has 1 saturated heterocycles. The van der Waals surface area contributed by atoms with Crippen LogP contribution in [0.4, 0.5) is 5.69 Å². The average Bonchev–Trinajstić information content (AvgIpc) is 2.98. The third-order valence-electron chi connectivity index (χ3n) is 3.80. The van der Waals surface area contributed by atoms with Gasteiger partial charge in [0, 0.05) is 38.4 Å². The number of nitrogens with zero attached hydrogens (tertiary/aromatic N) is 2. The number of allylic oxidation sites excluding steroid dienone is 1. The standard InChI is InChI=1S/C17H24N2O3/c1-14(2)9-10-18(13-17-4-3-11-22-17)12-15-5-7-16(8-6-15)19(20)21/h5-9,17H,3-4,10-13H2,1-2H3. The van der Waals surface area contributed by atoms with Crippen LogP contribution in [-0.2, 0) is 11.3 Å². The van der Waals surface area contributed by atoms with Gasteiger partial charge in [0.2, 0.25) is 0 Å². The van der Waals surface area contributed by atoms with Gasteiger partial charge >= 0.3 is 0 Å². The molecule has 2 rings (SSSR count). The van der Waals surface area contributed by atoms with Gasteiger partial charge in [-0.3, -0.25) is 15.0 Å². The van der Waals surface area contributed by atoms with E-state index in [2.05, 4.69) is 24.8 Å². The first-order valence-corrected chi connectivity index (χ1v) is 7.75. The molecule has 120 valence electrons. The van der Waals surface area contributed by atoms with E-state index in [9.17, 15) is 10.1 Å². The van der Waals surface area contributed by atoms with Gasteiger partial charge in [-0.15, -0.1) is 0 Å². The van der Waals surface area contributed by atoms with Gasteiger partial charge in [-0.05, 0) is 32.3 Å². The van der Waals surface area contributed by atoms with E-state index >= 15 is 0 Å². The first-order chi connectivity index (χ1) is 10.5. The van der Waals surface area contributed by atoms with E-state index < -0.39 is 0 Å². The molecule has 5 heteroatoms. The van der Waals surface area contributed by atoms with Crippen LogP contribution in [0, 0.1) is 10.1 Å². The van der Waals surface area contributed by atoms with Gasteiger partial charge < -0.3 is 4.74 Å². The van der Waals surface area contributed by atoms with Crippen molar-refractivity contribution in [2.45, 2.75) is 39.3 Å². The molecular formula is C17H24N2O3. The molecule has 1 aliphatic rings. The molecule has 1 fully saturated rings. The highest BCUT2D eigenvalue weighted by molar-refractivity contribution is 5.32. The molecule has 1 heterocycles. The summed E-state index contributed by atoms with van der Waals surface area (Å²) in [5.74, 6) is 0. The van der Waals surface area contributed by atoms with Crippen molar-refractivity contribution in [2.75, 3.05) is 19.7 Å². The minimum absolute atomic E-state index is 0.138. The zero-order valence-electron chi connectivity index (χ0n) is 13.3. The Morgan fingerprint density at radius 1 is 1.41 bits per heavy atom. The summed E-state index contributed by atoms with van der Waals surface area (Å²) < 4.78 is 5.73. The van der Waals surface area contributed by atoms with Crippen molar-refractivity contribution in [1.29, 1.82) is 0 Å². The largest absolute Gasteiger partial charge is 0.377 e. The van der Waals surface area contributed by atoms with E-state index in [4.69, 9.17) is 4.74 Å². The lowest BCUT2D eigenvalue weighted by atomic mass is 10.1. The Labute approximate surface area is 131 Å². The van der Waals surface area contributed by atoms with Crippen molar-refractivity contribution in [3.63, 3.8) is 0 Å². The van der Waals surface area contributed by atoms with Crippen molar-refractivity contribution < 1.29 is 9.66 Å². The van der Waals surface area contributed by atoms with Gasteiger partial charge in [-0.1, -0.05) is 23.8 Å². The summed E-state index contributed by atoms with van der Waals surface area (Å²) in [6.07, 6.45) is 4.77. The summed E-state index contributed by atoms with van der Waals surface area (Å²) in [7, 11) is 0. The Kier molecular flexibility index (Phi) is 6.10. The van der Waals surface area contributed by atoms with Crippen molar-refractivity contribution in [3.8, 4) is 0 Å². The summed E-state index contributed by atoms with van der Waals surface area (Å²) in [5, 5.41) is 10.7. The molecule has 5 nitrogen and oxygen atoms in total. The first-order valence-electron chi connectivity index (χ1n) is 7.75. The van der Waals surface area contributed by atoms with E-state index in [-0.39, 0.29) is 10.6 Å². The number of benzene rings is 1. The monoisotopic (exact) mass is 304 g/mol. The summed E-state index contributed by atoms with van der Waals surface area (Å²) in [4.78, 5) is 12.7. The summed E-state index contributed by atoms with van der Waals surface area (Å²) in [6, 6.07) is 6.81. The van der Waals surface area contributed by atoms with Gasteiger partial charge in [0.15, 0.2) is 0 Å². The number of rotatable bonds is 7. The van der Waals surface area contributed by atoms with Crippen LogP contribution in [0.15, 0.2) is 35.9 Å². The Hall–Kier alpha value is -1.72. The van der Waals surface area contributed by atoms with E-state index in [0.29, 0.717) is 6.10 Å². The highest BCUT2D eigenvalue weighted by atomic mass is 16.6. The van der Waals surface area contributed by atoms with E-state index in [1.807, 2.05) is 12.1 Å². The van der Waals surface area contributed by atoms with Gasteiger partial charge in [0.05, 0.1) is 11.0 Å². The molecule has 1 aromatic rings. The fraction of sp³-hybridized carbons (Fsp3) is 0.529. The van der Waals surface area contributed by atoms with Crippen LogP contribution in [-0.4, -0.2) is 35.6 Å². The lowest BCUT2D eigenvalue weighted by Crippen LogP contribution is -2.32. The normalized spacial score (nSPS) is 17.7. The summed E-state index contributed by atoms with van der Waals surface area (Å²) >= 11 is 0. The minimum Gasteiger partial charge on any atom is -0.377 e. The number of nitro benzene ring substituents is 1. The molecule has 1 atom stereocenters. The first kappa shape index (κ1) is 16.6. The third kappa shape index (κ3) is 5.24. The Balaban J connectivity index is 2.00. The third-order valence-corrected chi connectivity index (χ3v) is 3.80. The highest BCUT2D eigenvalue weighted by Crippen LogP contribution is 2.17. The minimum atomic E-state index is -0.364. The fourth-order valence-electron chi connectivity index (χ4n) is 2.57. The summed E-state index contributed by atoms with van der Waals surface area (Å²) in [5.41, 5.74) is 2.52. The van der Waals surface area contributed by atoms with Crippen LogP contribution in [0.1, 0.15) is 32.3 Å². The molecule has 0 aromatic heterocycles. The Morgan fingerprint density at radius 3 is 2.68 bits per heavy atom. The zero-order valence-corrected chi connectivity index (χ0v) is 13.3. The van der Waals surface area contributed by atoms with Crippen LogP contribution in [0.5, 0.6) is 0 Å². The molecule has 0 aliphatic carbocycles. The number of ether oxygens (including phenoxy) is 1. The molecule has 22 heavy (non-hydrogen) atoms. The molecule has 0 amide bonds. The number of hydrogen-bond acceptors (Lipinski definition) is 4. The molecule has 0 bridgehead atoms. The topological polar surface area (TPSA) is 55.6 Å². The molecule has 1 aliphatic heterocycles. The van der Waals surface area contributed by atoms with E-state index in [0.717, 1.165) is 44.6 Å². The summed E-state index contributed by atoms with van der Waals surface area (Å²) in [6.45, 7) is 7.60. The SMILES string of the molecule is CC(C)=CCN(Cc1ccc([N+](=O)[O-])cc1)CC1CCCO1. The zero-order chi connectivity index (χ0) is 15.9. The molecule has 0 spiro atoms. The number of nitro groups is 1.